The molecule has 4 nitrogen and oxygen atoms in total. The maximum atomic E-state index is 5.62. The number of nitrogens with two attached hydrogens (primary N) is 1. The number of pyridine rings is 1. The molecule has 0 amide bonds. The van der Waals surface area contributed by atoms with E-state index in [0.29, 0.717) is 19.0 Å². The van der Waals surface area contributed by atoms with Gasteiger partial charge in [-0.25, -0.2) is 4.98 Å². The Kier molecular flexibility index (Phi) is 4.90. The first-order valence-electron chi connectivity index (χ1n) is 5.82. The van der Waals surface area contributed by atoms with E-state index in [4.69, 9.17) is 15.2 Å². The third-order valence-electron chi connectivity index (χ3n) is 2.73. The summed E-state index contributed by atoms with van der Waals surface area (Å²) < 4.78 is 10.9. The van der Waals surface area contributed by atoms with Gasteiger partial charge in [0.05, 0.1) is 12.2 Å². The molecule has 4 heteroatoms. The zero-order chi connectivity index (χ0) is 12.9. The van der Waals surface area contributed by atoms with Crippen LogP contribution >= 0.6 is 0 Å². The van der Waals surface area contributed by atoms with Crippen LogP contribution in [0.2, 0.25) is 0 Å². The van der Waals surface area contributed by atoms with E-state index in [9.17, 15) is 0 Å². The zero-order valence-electron chi connectivity index (χ0n) is 11.1. The second kappa shape index (κ2) is 5.98. The maximum Gasteiger partial charge on any atom is 0.213 e. The number of nitrogens with zero attached hydrogens (tertiary/aromatic N) is 1. The Morgan fingerprint density at radius 1 is 1.35 bits per heavy atom. The van der Waals surface area contributed by atoms with Crippen molar-refractivity contribution < 1.29 is 9.47 Å². The van der Waals surface area contributed by atoms with Crippen LogP contribution in [0, 0.1) is 6.92 Å². The van der Waals surface area contributed by atoms with E-state index in [1.54, 1.807) is 7.11 Å². The van der Waals surface area contributed by atoms with Crippen LogP contribution in [0.4, 0.5) is 0 Å². The summed E-state index contributed by atoms with van der Waals surface area (Å²) in [7, 11) is 1.71. The van der Waals surface area contributed by atoms with Gasteiger partial charge >= 0.3 is 0 Å². The summed E-state index contributed by atoms with van der Waals surface area (Å²) in [4.78, 5) is 4.31. The predicted octanol–water partition coefficient (Wildman–Crippen LogP) is 2.04. The zero-order valence-corrected chi connectivity index (χ0v) is 11.1. The maximum absolute atomic E-state index is 5.62. The van der Waals surface area contributed by atoms with E-state index in [0.717, 1.165) is 17.7 Å². The van der Waals surface area contributed by atoms with Crippen LogP contribution < -0.4 is 10.5 Å². The van der Waals surface area contributed by atoms with Crippen molar-refractivity contribution in [2.45, 2.75) is 39.3 Å². The number of ether oxygens (including phenoxy) is 2. The molecule has 0 bridgehead atoms. The topological polar surface area (TPSA) is 57.4 Å². The molecule has 0 aliphatic rings. The predicted molar refractivity (Wildman–Crippen MR) is 68.1 cm³/mol. The van der Waals surface area contributed by atoms with Crippen molar-refractivity contribution in [3.05, 3.63) is 23.4 Å². The molecule has 0 radical (unpaired) electrons. The molecular weight excluding hydrogens is 216 g/mol. The summed E-state index contributed by atoms with van der Waals surface area (Å²) >= 11 is 0. The van der Waals surface area contributed by atoms with Gasteiger partial charge < -0.3 is 15.2 Å². The fourth-order valence-corrected chi connectivity index (χ4v) is 1.40. The van der Waals surface area contributed by atoms with Gasteiger partial charge in [-0.2, -0.15) is 0 Å². The Bertz CT molecular complexity index is 364. The summed E-state index contributed by atoms with van der Waals surface area (Å²) in [5.41, 5.74) is 7.40. The van der Waals surface area contributed by atoms with Crippen molar-refractivity contribution in [3.8, 4) is 5.88 Å². The van der Waals surface area contributed by atoms with Crippen molar-refractivity contribution in [2.75, 3.05) is 13.7 Å². The van der Waals surface area contributed by atoms with E-state index in [1.165, 1.54) is 0 Å². The lowest BCUT2D eigenvalue weighted by molar-refractivity contribution is 0.00507. The number of aryl methyl sites for hydroxylation is 1. The summed E-state index contributed by atoms with van der Waals surface area (Å²) in [6, 6.07) is 3.85. The van der Waals surface area contributed by atoms with Gasteiger partial charge in [-0.1, -0.05) is 0 Å². The Hall–Kier alpha value is -1.13. The molecular formula is C13H22N2O2. The molecule has 1 aromatic rings. The van der Waals surface area contributed by atoms with Crippen LogP contribution in [-0.4, -0.2) is 24.3 Å². The monoisotopic (exact) mass is 238 g/mol. The van der Waals surface area contributed by atoms with Gasteiger partial charge in [-0.3, -0.25) is 0 Å². The molecule has 0 saturated carbocycles. The molecule has 1 heterocycles. The minimum Gasteiger partial charge on any atom is -0.478 e. The van der Waals surface area contributed by atoms with E-state index in [2.05, 4.69) is 4.98 Å². The highest BCUT2D eigenvalue weighted by Crippen LogP contribution is 2.16. The smallest absolute Gasteiger partial charge is 0.213 e. The van der Waals surface area contributed by atoms with E-state index < -0.39 is 0 Å². The molecule has 0 aliphatic heterocycles. The van der Waals surface area contributed by atoms with Gasteiger partial charge in [0.25, 0.3) is 0 Å². The van der Waals surface area contributed by atoms with Crippen LogP contribution in [0.5, 0.6) is 5.88 Å². The molecule has 0 spiro atoms. The Morgan fingerprint density at radius 2 is 2.06 bits per heavy atom. The molecule has 1 rings (SSSR count). The SMILES string of the molecule is COC(C)(C)CCOc1cc(CN)cc(C)n1. The Morgan fingerprint density at radius 3 is 2.65 bits per heavy atom. The van der Waals surface area contributed by atoms with Crippen LogP contribution in [0.25, 0.3) is 0 Å². The quantitative estimate of drug-likeness (QED) is 0.824. The molecule has 96 valence electrons. The van der Waals surface area contributed by atoms with Crippen molar-refractivity contribution in [3.63, 3.8) is 0 Å². The molecule has 0 saturated heterocycles. The first-order chi connectivity index (χ1) is 7.96. The second-order valence-electron chi connectivity index (χ2n) is 4.72. The molecule has 0 fully saturated rings. The number of hydrogen-bond acceptors (Lipinski definition) is 4. The summed E-state index contributed by atoms with van der Waals surface area (Å²) in [5.74, 6) is 0.636. The van der Waals surface area contributed by atoms with Crippen LogP contribution in [-0.2, 0) is 11.3 Å². The lowest BCUT2D eigenvalue weighted by Crippen LogP contribution is -2.25. The highest BCUT2D eigenvalue weighted by Gasteiger charge is 2.16. The largest absolute Gasteiger partial charge is 0.478 e. The van der Waals surface area contributed by atoms with Crippen molar-refractivity contribution in [1.29, 1.82) is 0 Å². The van der Waals surface area contributed by atoms with Crippen LogP contribution in [0.3, 0.4) is 0 Å². The van der Waals surface area contributed by atoms with Gasteiger partial charge in [0, 0.05) is 31.8 Å². The molecule has 0 atom stereocenters. The molecule has 17 heavy (non-hydrogen) atoms. The van der Waals surface area contributed by atoms with Gasteiger partial charge in [0.2, 0.25) is 5.88 Å². The van der Waals surface area contributed by atoms with Crippen molar-refractivity contribution >= 4 is 0 Å². The third-order valence-corrected chi connectivity index (χ3v) is 2.73. The second-order valence-corrected chi connectivity index (χ2v) is 4.72. The van der Waals surface area contributed by atoms with Gasteiger partial charge in [-0.15, -0.1) is 0 Å². The molecule has 0 aromatic carbocycles. The fraction of sp³-hybridized carbons (Fsp3) is 0.615. The van der Waals surface area contributed by atoms with Gasteiger partial charge in [-0.05, 0) is 32.4 Å². The van der Waals surface area contributed by atoms with E-state index in [1.807, 2.05) is 32.9 Å². The number of rotatable bonds is 6. The standard InChI is InChI=1S/C13H22N2O2/c1-10-7-11(9-14)8-12(15-10)17-6-5-13(2,3)16-4/h7-8H,5-6,9,14H2,1-4H3. The Labute approximate surface area is 103 Å². The minimum atomic E-state index is -0.166. The lowest BCUT2D eigenvalue weighted by Gasteiger charge is -2.22. The highest BCUT2D eigenvalue weighted by atomic mass is 16.5. The normalized spacial score (nSPS) is 11.6. The number of hydrogen-bond donors (Lipinski definition) is 1. The summed E-state index contributed by atoms with van der Waals surface area (Å²) in [6.07, 6.45) is 0.817. The first-order valence-corrected chi connectivity index (χ1v) is 5.82. The molecule has 0 unspecified atom stereocenters. The van der Waals surface area contributed by atoms with Crippen molar-refractivity contribution in [2.24, 2.45) is 5.73 Å². The summed E-state index contributed by atoms with van der Waals surface area (Å²) in [6.45, 7) is 7.09. The highest BCUT2D eigenvalue weighted by molar-refractivity contribution is 5.24. The van der Waals surface area contributed by atoms with Gasteiger partial charge in [0.1, 0.15) is 0 Å². The van der Waals surface area contributed by atoms with Crippen LogP contribution in [0.15, 0.2) is 12.1 Å². The molecule has 1 aromatic heterocycles. The van der Waals surface area contributed by atoms with E-state index in [-0.39, 0.29) is 5.60 Å². The molecule has 0 aliphatic carbocycles. The number of methoxy groups -OCH3 is 1. The summed E-state index contributed by atoms with van der Waals surface area (Å²) in [5, 5.41) is 0. The average molecular weight is 238 g/mol. The first kappa shape index (κ1) is 13.9. The fourth-order valence-electron chi connectivity index (χ4n) is 1.40. The van der Waals surface area contributed by atoms with Crippen molar-refractivity contribution in [1.82, 2.24) is 4.98 Å². The third kappa shape index (κ3) is 4.71. The Balaban J connectivity index is 2.55. The minimum absolute atomic E-state index is 0.166. The lowest BCUT2D eigenvalue weighted by atomic mass is 10.1. The van der Waals surface area contributed by atoms with Crippen LogP contribution in [0.1, 0.15) is 31.5 Å². The molecule has 2 N–H and O–H groups in total. The van der Waals surface area contributed by atoms with E-state index >= 15 is 0 Å². The van der Waals surface area contributed by atoms with Gasteiger partial charge in [0.15, 0.2) is 0 Å². The number of aromatic nitrogens is 1. The average Bonchev–Trinajstić information content (AvgIpc) is 2.28.